The third-order valence-corrected chi connectivity index (χ3v) is 8.51. The molecule has 0 spiro atoms. The van der Waals surface area contributed by atoms with Crippen molar-refractivity contribution >= 4 is 37.4 Å². The third-order valence-electron chi connectivity index (χ3n) is 5.39. The summed E-state index contributed by atoms with van der Waals surface area (Å²) in [6.07, 6.45) is 0. The Morgan fingerprint density at radius 3 is 2.31 bits per heavy atom. The van der Waals surface area contributed by atoms with Crippen LogP contribution in [-0.2, 0) is 10.0 Å². The van der Waals surface area contributed by atoms with Gasteiger partial charge in [0.1, 0.15) is 5.01 Å². The molecule has 1 aliphatic rings. The van der Waals surface area contributed by atoms with Gasteiger partial charge in [0.25, 0.3) is 0 Å². The first-order chi connectivity index (χ1) is 13.9. The van der Waals surface area contributed by atoms with E-state index in [4.69, 9.17) is 4.98 Å². The van der Waals surface area contributed by atoms with E-state index in [1.165, 1.54) is 28.1 Å². The van der Waals surface area contributed by atoms with Crippen molar-refractivity contribution in [3.8, 4) is 0 Å². The maximum atomic E-state index is 12.9. The lowest BCUT2D eigenvalue weighted by Gasteiger charge is -2.36. The number of thiazole rings is 1. The van der Waals surface area contributed by atoms with Gasteiger partial charge in [-0.1, -0.05) is 24.3 Å². The van der Waals surface area contributed by atoms with E-state index in [-0.39, 0.29) is 16.7 Å². The summed E-state index contributed by atoms with van der Waals surface area (Å²) in [7, 11) is -3.56. The number of hydrogen-bond donors (Lipinski definition) is 0. The van der Waals surface area contributed by atoms with Gasteiger partial charge in [-0.2, -0.15) is 4.31 Å². The van der Waals surface area contributed by atoms with Gasteiger partial charge < -0.3 is 0 Å². The van der Waals surface area contributed by atoms with E-state index >= 15 is 0 Å². The molecule has 3 aromatic rings. The van der Waals surface area contributed by atoms with Crippen LogP contribution in [0.15, 0.2) is 53.4 Å². The van der Waals surface area contributed by atoms with Crippen LogP contribution in [0, 0.1) is 0 Å². The summed E-state index contributed by atoms with van der Waals surface area (Å²) in [6, 6.07) is 14.4. The van der Waals surface area contributed by atoms with Crippen molar-refractivity contribution in [1.82, 2.24) is 14.2 Å². The first-order valence-corrected chi connectivity index (χ1v) is 11.8. The smallest absolute Gasteiger partial charge is 0.243 e. The highest BCUT2D eigenvalue weighted by molar-refractivity contribution is 7.89. The zero-order chi connectivity index (χ0) is 20.6. The monoisotopic (exact) mass is 429 g/mol. The van der Waals surface area contributed by atoms with E-state index < -0.39 is 10.0 Å². The van der Waals surface area contributed by atoms with E-state index in [1.54, 1.807) is 23.5 Å². The number of aromatic nitrogens is 1. The van der Waals surface area contributed by atoms with Gasteiger partial charge in [0.2, 0.25) is 10.0 Å². The number of sulfonamides is 1. The van der Waals surface area contributed by atoms with E-state index in [1.807, 2.05) is 18.2 Å². The minimum absolute atomic E-state index is 0.0774. The average molecular weight is 430 g/mol. The highest BCUT2D eigenvalue weighted by Crippen LogP contribution is 2.30. The van der Waals surface area contributed by atoms with Crippen molar-refractivity contribution in [2.45, 2.75) is 24.8 Å². The van der Waals surface area contributed by atoms with E-state index in [9.17, 15) is 13.2 Å². The fraction of sp³-hybridized carbons (Fsp3) is 0.333. The second-order valence-corrected chi connectivity index (χ2v) is 10.2. The number of benzene rings is 2. The highest BCUT2D eigenvalue weighted by Gasteiger charge is 2.31. The molecule has 29 heavy (non-hydrogen) atoms. The fourth-order valence-corrected chi connectivity index (χ4v) is 6.04. The molecule has 4 rings (SSSR count). The molecular weight excluding hydrogens is 406 g/mol. The van der Waals surface area contributed by atoms with Crippen LogP contribution in [0.5, 0.6) is 0 Å². The molecule has 0 bridgehead atoms. The lowest BCUT2D eigenvalue weighted by Crippen LogP contribution is -2.49. The lowest BCUT2D eigenvalue weighted by molar-refractivity contribution is 0.101. The molecule has 2 heterocycles. The molecule has 0 N–H and O–H groups in total. The predicted molar refractivity (Wildman–Crippen MR) is 115 cm³/mol. The molecule has 1 aliphatic heterocycles. The molecule has 0 radical (unpaired) electrons. The number of piperazine rings is 1. The molecule has 1 atom stereocenters. The second-order valence-electron chi connectivity index (χ2n) is 7.22. The number of rotatable bonds is 5. The van der Waals surface area contributed by atoms with Gasteiger partial charge in [-0.3, -0.25) is 9.69 Å². The van der Waals surface area contributed by atoms with Gasteiger partial charge in [0.05, 0.1) is 21.2 Å². The van der Waals surface area contributed by atoms with Gasteiger partial charge >= 0.3 is 0 Å². The predicted octanol–water partition coefficient (Wildman–Crippen LogP) is 3.57. The van der Waals surface area contributed by atoms with Crippen LogP contribution in [0.4, 0.5) is 0 Å². The topological polar surface area (TPSA) is 70.6 Å². The van der Waals surface area contributed by atoms with Crippen LogP contribution in [0.3, 0.4) is 0 Å². The molecule has 0 saturated carbocycles. The van der Waals surface area contributed by atoms with Crippen molar-refractivity contribution in [2.75, 3.05) is 26.2 Å². The fourth-order valence-electron chi connectivity index (χ4n) is 3.57. The molecule has 1 aromatic heterocycles. The van der Waals surface area contributed by atoms with Crippen molar-refractivity contribution in [2.24, 2.45) is 0 Å². The molecule has 1 saturated heterocycles. The Kier molecular flexibility index (Phi) is 5.52. The molecule has 6 nitrogen and oxygen atoms in total. The summed E-state index contributed by atoms with van der Waals surface area (Å²) in [5, 5.41) is 1.06. The maximum Gasteiger partial charge on any atom is 0.243 e. The van der Waals surface area contributed by atoms with Gasteiger partial charge in [-0.25, -0.2) is 13.4 Å². The summed E-state index contributed by atoms with van der Waals surface area (Å²) in [4.78, 5) is 18.7. The number of hydrogen-bond acceptors (Lipinski definition) is 6. The Hall–Kier alpha value is -2.13. The lowest BCUT2D eigenvalue weighted by atomic mass is 10.2. The van der Waals surface area contributed by atoms with Crippen LogP contribution >= 0.6 is 11.3 Å². The van der Waals surface area contributed by atoms with Crippen LogP contribution in [0.25, 0.3) is 10.2 Å². The molecule has 0 aliphatic carbocycles. The Morgan fingerprint density at radius 2 is 1.69 bits per heavy atom. The number of Topliss-reactive ketones (excluding diaryl/α,β-unsaturated/α-hetero) is 1. The standard InChI is InChI=1S/C21H23N3O3S2/c1-15(21-22-19-5-3-4-6-20(19)28-21)23-11-13-24(14-12-23)29(26,27)18-9-7-17(8-10-18)16(2)25/h3-10,15H,11-14H2,1-2H3/t15-/m0/s1. The summed E-state index contributed by atoms with van der Waals surface area (Å²) < 4.78 is 28.6. The molecule has 1 fully saturated rings. The van der Waals surface area contributed by atoms with E-state index in [2.05, 4.69) is 17.9 Å². The second kappa shape index (κ2) is 7.95. The molecule has 0 amide bonds. The zero-order valence-corrected chi connectivity index (χ0v) is 18.0. The SMILES string of the molecule is CC(=O)c1ccc(S(=O)(=O)N2CCN([C@@H](C)c3nc4ccccc4s3)CC2)cc1. The van der Waals surface area contributed by atoms with Crippen LogP contribution in [0.1, 0.15) is 35.3 Å². The maximum absolute atomic E-state index is 12.9. The van der Waals surface area contributed by atoms with Crippen LogP contribution in [-0.4, -0.2) is 54.6 Å². The van der Waals surface area contributed by atoms with Crippen molar-refractivity contribution in [3.63, 3.8) is 0 Å². The summed E-state index contributed by atoms with van der Waals surface area (Å²) in [6.45, 7) is 5.78. The largest absolute Gasteiger partial charge is 0.295 e. The van der Waals surface area contributed by atoms with Gasteiger partial charge in [-0.15, -0.1) is 11.3 Å². The summed E-state index contributed by atoms with van der Waals surface area (Å²) in [5.41, 5.74) is 1.52. The minimum Gasteiger partial charge on any atom is -0.295 e. The molecular formula is C21H23N3O3S2. The number of carbonyl (C=O) groups excluding carboxylic acids is 1. The van der Waals surface area contributed by atoms with Crippen molar-refractivity contribution in [1.29, 1.82) is 0 Å². The van der Waals surface area contributed by atoms with Crippen molar-refractivity contribution in [3.05, 3.63) is 59.1 Å². The third kappa shape index (κ3) is 3.98. The van der Waals surface area contributed by atoms with E-state index in [0.29, 0.717) is 31.7 Å². The Balaban J connectivity index is 1.44. The normalized spacial score (nSPS) is 17.4. The Morgan fingerprint density at radius 1 is 1.03 bits per heavy atom. The molecule has 8 heteroatoms. The highest BCUT2D eigenvalue weighted by atomic mass is 32.2. The van der Waals surface area contributed by atoms with Gasteiger partial charge in [-0.05, 0) is 38.1 Å². The Bertz CT molecular complexity index is 1100. The molecule has 152 valence electrons. The van der Waals surface area contributed by atoms with Crippen molar-refractivity contribution < 1.29 is 13.2 Å². The van der Waals surface area contributed by atoms with E-state index in [0.717, 1.165) is 10.5 Å². The zero-order valence-electron chi connectivity index (χ0n) is 16.4. The minimum atomic E-state index is -3.56. The number of nitrogens with zero attached hydrogens (tertiary/aromatic N) is 3. The molecule has 0 unspecified atom stereocenters. The van der Waals surface area contributed by atoms with Gasteiger partial charge in [0, 0.05) is 31.7 Å². The van der Waals surface area contributed by atoms with Gasteiger partial charge in [0.15, 0.2) is 5.78 Å². The quantitative estimate of drug-likeness (QED) is 0.580. The first kappa shape index (κ1) is 20.2. The summed E-state index contributed by atoms with van der Waals surface area (Å²) in [5.74, 6) is -0.0774. The van der Waals surface area contributed by atoms with Crippen LogP contribution < -0.4 is 0 Å². The number of ketones is 1. The number of para-hydroxylation sites is 1. The summed E-state index contributed by atoms with van der Waals surface area (Å²) >= 11 is 1.69. The Labute approximate surface area is 174 Å². The first-order valence-electron chi connectivity index (χ1n) is 9.57. The average Bonchev–Trinajstić information content (AvgIpc) is 3.17. The number of carbonyl (C=O) groups is 1. The number of fused-ring (bicyclic) bond motifs is 1. The molecule has 2 aromatic carbocycles. The van der Waals surface area contributed by atoms with Crippen LogP contribution in [0.2, 0.25) is 0 Å².